The lowest BCUT2D eigenvalue weighted by molar-refractivity contribution is -0.119. The molecule has 1 aliphatic rings. The number of hydrogen-bond acceptors (Lipinski definition) is 5. The molecule has 1 fully saturated rings. The highest BCUT2D eigenvalue weighted by atomic mass is 32.2. The van der Waals surface area contributed by atoms with Gasteiger partial charge in [-0.25, -0.2) is 0 Å². The molecule has 1 saturated carbocycles. The quantitative estimate of drug-likeness (QED) is 0.400. The minimum absolute atomic E-state index is 0.0223. The minimum atomic E-state index is -0.0813. The monoisotopic (exact) mass is 432 g/mol. The topological polar surface area (TPSA) is 73.0 Å². The van der Waals surface area contributed by atoms with Crippen LogP contribution in [0.3, 0.4) is 0 Å². The Morgan fingerprint density at radius 1 is 1.16 bits per heavy atom. The summed E-state index contributed by atoms with van der Waals surface area (Å²) in [4.78, 5) is 12.7. The number of fused-ring (bicyclic) bond motifs is 1. The highest BCUT2D eigenvalue weighted by Gasteiger charge is 2.31. The van der Waals surface area contributed by atoms with Crippen LogP contribution in [0, 0.1) is 0 Å². The van der Waals surface area contributed by atoms with Gasteiger partial charge in [0.05, 0.1) is 24.6 Å². The number of furan rings is 1. The van der Waals surface area contributed by atoms with E-state index in [9.17, 15) is 4.79 Å². The largest absolute Gasteiger partial charge is 0.467 e. The maximum atomic E-state index is 12.7. The van der Waals surface area contributed by atoms with Crippen molar-refractivity contribution in [2.75, 3.05) is 5.75 Å². The number of thioether (sulfide) groups is 1. The predicted octanol–water partition coefficient (Wildman–Crippen LogP) is 4.92. The number of amides is 1. The van der Waals surface area contributed by atoms with Gasteiger partial charge in [-0.1, -0.05) is 54.2 Å². The second-order valence-corrected chi connectivity index (χ2v) is 8.87. The van der Waals surface area contributed by atoms with Crippen molar-refractivity contribution >= 4 is 28.4 Å². The van der Waals surface area contributed by atoms with Crippen LogP contribution >= 0.6 is 11.8 Å². The van der Waals surface area contributed by atoms with E-state index in [0.29, 0.717) is 12.5 Å². The number of nitrogens with zero attached hydrogens (tertiary/aromatic N) is 3. The molecule has 0 radical (unpaired) electrons. The molecular formula is C24H24N4O2S. The van der Waals surface area contributed by atoms with Gasteiger partial charge in [-0.15, -0.1) is 10.2 Å². The van der Waals surface area contributed by atoms with E-state index in [1.165, 1.54) is 17.1 Å². The molecule has 6 nitrogen and oxygen atoms in total. The van der Waals surface area contributed by atoms with E-state index >= 15 is 0 Å². The first-order valence-corrected chi connectivity index (χ1v) is 11.5. The lowest BCUT2D eigenvalue weighted by atomic mass is 10.00. The number of benzene rings is 2. The second kappa shape index (κ2) is 8.59. The van der Waals surface area contributed by atoms with E-state index in [1.807, 2.05) is 37.3 Å². The summed E-state index contributed by atoms with van der Waals surface area (Å²) in [5.74, 6) is 2.58. The molecule has 1 atom stereocenters. The molecule has 1 N–H and O–H groups in total. The van der Waals surface area contributed by atoms with Crippen LogP contribution in [0.25, 0.3) is 10.8 Å². The molecule has 0 saturated heterocycles. The second-order valence-electron chi connectivity index (χ2n) is 7.93. The van der Waals surface area contributed by atoms with Crippen molar-refractivity contribution in [1.82, 2.24) is 20.1 Å². The Bertz CT molecular complexity index is 1190. The lowest BCUT2D eigenvalue weighted by Crippen LogP contribution is -2.28. The van der Waals surface area contributed by atoms with Gasteiger partial charge in [-0.3, -0.25) is 9.36 Å². The average molecular weight is 433 g/mol. The molecular weight excluding hydrogens is 408 g/mol. The summed E-state index contributed by atoms with van der Waals surface area (Å²) < 4.78 is 7.60. The third-order valence-corrected chi connectivity index (χ3v) is 6.55. The van der Waals surface area contributed by atoms with Crippen LogP contribution in [0.5, 0.6) is 0 Å². The van der Waals surface area contributed by atoms with Gasteiger partial charge in [0.2, 0.25) is 5.91 Å². The predicted molar refractivity (Wildman–Crippen MR) is 121 cm³/mol. The molecule has 2 aromatic carbocycles. The van der Waals surface area contributed by atoms with E-state index in [0.717, 1.165) is 40.5 Å². The fourth-order valence-electron chi connectivity index (χ4n) is 3.88. The standard InChI is InChI=1S/C24H24N4O2S/c1-16(20-10-4-7-17-6-2-3-9-21(17)20)25-22(29)15-31-24-27-26-23(18-11-12-18)28(24)14-19-8-5-13-30-19/h2-10,13,16,18H,11-12,14-15H2,1H3,(H,25,29). The zero-order valence-corrected chi connectivity index (χ0v) is 18.1. The van der Waals surface area contributed by atoms with Crippen molar-refractivity contribution in [3.8, 4) is 0 Å². The van der Waals surface area contributed by atoms with Gasteiger partial charge < -0.3 is 9.73 Å². The summed E-state index contributed by atoms with van der Waals surface area (Å²) in [6.07, 6.45) is 3.96. The van der Waals surface area contributed by atoms with Crippen LogP contribution in [-0.2, 0) is 11.3 Å². The first-order valence-electron chi connectivity index (χ1n) is 10.5. The summed E-state index contributed by atoms with van der Waals surface area (Å²) >= 11 is 1.42. The maximum Gasteiger partial charge on any atom is 0.230 e. The SMILES string of the molecule is CC(NC(=O)CSc1nnc(C2CC2)n1Cc1ccco1)c1cccc2ccccc12. The van der Waals surface area contributed by atoms with Crippen LogP contribution in [0.15, 0.2) is 70.4 Å². The fourth-order valence-corrected chi connectivity index (χ4v) is 4.63. The number of hydrogen-bond donors (Lipinski definition) is 1. The van der Waals surface area contributed by atoms with E-state index in [2.05, 4.69) is 44.3 Å². The van der Waals surface area contributed by atoms with Gasteiger partial charge in [0.1, 0.15) is 11.6 Å². The summed E-state index contributed by atoms with van der Waals surface area (Å²) in [5, 5.41) is 15.0. The Balaban J connectivity index is 1.26. The van der Waals surface area contributed by atoms with Crippen LogP contribution in [0.1, 0.15) is 48.9 Å². The molecule has 0 bridgehead atoms. The van der Waals surface area contributed by atoms with Crippen molar-refractivity contribution in [2.45, 2.75) is 43.4 Å². The third kappa shape index (κ3) is 4.37. The van der Waals surface area contributed by atoms with Crippen LogP contribution < -0.4 is 5.32 Å². The summed E-state index contributed by atoms with van der Waals surface area (Å²) in [6.45, 7) is 2.61. The fraction of sp³-hybridized carbons (Fsp3) is 0.292. The maximum absolute atomic E-state index is 12.7. The molecule has 1 amide bonds. The Morgan fingerprint density at radius 3 is 2.81 bits per heavy atom. The molecule has 2 heterocycles. The van der Waals surface area contributed by atoms with Crippen LogP contribution in [0.4, 0.5) is 0 Å². The molecule has 1 aliphatic carbocycles. The zero-order chi connectivity index (χ0) is 21.2. The normalized spacial score (nSPS) is 14.6. The van der Waals surface area contributed by atoms with E-state index in [1.54, 1.807) is 6.26 Å². The molecule has 7 heteroatoms. The van der Waals surface area contributed by atoms with E-state index in [-0.39, 0.29) is 17.7 Å². The van der Waals surface area contributed by atoms with Gasteiger partial charge in [-0.2, -0.15) is 0 Å². The van der Waals surface area contributed by atoms with Gasteiger partial charge >= 0.3 is 0 Å². The molecule has 31 heavy (non-hydrogen) atoms. The Morgan fingerprint density at radius 2 is 2.00 bits per heavy atom. The highest BCUT2D eigenvalue weighted by Crippen LogP contribution is 2.40. The van der Waals surface area contributed by atoms with Gasteiger partial charge in [0.15, 0.2) is 5.16 Å². The molecule has 1 unspecified atom stereocenters. The highest BCUT2D eigenvalue weighted by molar-refractivity contribution is 7.99. The Labute approximate surface area is 185 Å². The zero-order valence-electron chi connectivity index (χ0n) is 17.3. The molecule has 158 valence electrons. The lowest BCUT2D eigenvalue weighted by Gasteiger charge is -2.16. The molecule has 0 spiro atoms. The summed E-state index contributed by atoms with van der Waals surface area (Å²) in [7, 11) is 0. The molecule has 2 aromatic heterocycles. The smallest absolute Gasteiger partial charge is 0.230 e. The van der Waals surface area contributed by atoms with Crippen molar-refractivity contribution < 1.29 is 9.21 Å². The van der Waals surface area contributed by atoms with Gasteiger partial charge in [0, 0.05) is 5.92 Å². The van der Waals surface area contributed by atoms with Crippen molar-refractivity contribution in [3.63, 3.8) is 0 Å². The summed E-state index contributed by atoms with van der Waals surface area (Å²) in [5.41, 5.74) is 1.12. The number of aromatic nitrogens is 3. The number of carbonyl (C=O) groups excluding carboxylic acids is 1. The number of carbonyl (C=O) groups is 1. The van der Waals surface area contributed by atoms with Crippen molar-refractivity contribution in [2.24, 2.45) is 0 Å². The third-order valence-electron chi connectivity index (χ3n) is 5.58. The first kappa shape index (κ1) is 19.9. The summed E-state index contributed by atoms with van der Waals surface area (Å²) in [6, 6.07) is 18.2. The molecule has 4 aromatic rings. The average Bonchev–Trinajstić information content (AvgIpc) is 3.35. The molecule has 5 rings (SSSR count). The Hall–Kier alpha value is -3.06. The van der Waals surface area contributed by atoms with E-state index in [4.69, 9.17) is 4.42 Å². The van der Waals surface area contributed by atoms with Crippen molar-refractivity contribution in [3.05, 3.63) is 78.0 Å². The van der Waals surface area contributed by atoms with Crippen LogP contribution in [-0.4, -0.2) is 26.4 Å². The van der Waals surface area contributed by atoms with Gasteiger partial charge in [-0.05, 0) is 48.2 Å². The van der Waals surface area contributed by atoms with Crippen molar-refractivity contribution in [1.29, 1.82) is 0 Å². The Kier molecular flexibility index (Phi) is 5.51. The molecule has 0 aliphatic heterocycles. The van der Waals surface area contributed by atoms with Crippen LogP contribution in [0.2, 0.25) is 0 Å². The number of nitrogens with one attached hydrogen (secondary N) is 1. The van der Waals surface area contributed by atoms with E-state index < -0.39 is 0 Å². The minimum Gasteiger partial charge on any atom is -0.467 e. The first-order chi connectivity index (χ1) is 15.2. The number of rotatable bonds is 8. The van der Waals surface area contributed by atoms with Gasteiger partial charge in [0.25, 0.3) is 0 Å².